The molecule has 0 aliphatic carbocycles. The lowest BCUT2D eigenvalue weighted by atomic mass is 10.6. The van der Waals surface area contributed by atoms with E-state index in [0.29, 0.717) is 0 Å². The van der Waals surface area contributed by atoms with Crippen LogP contribution in [0, 0.1) is 0 Å². The third-order valence-corrected chi connectivity index (χ3v) is 4.74. The summed E-state index contributed by atoms with van der Waals surface area (Å²) in [5, 5.41) is -1.47. The molecule has 0 amide bonds. The van der Waals surface area contributed by atoms with Gasteiger partial charge in [0.05, 0.1) is 10.5 Å². The minimum absolute atomic E-state index is 0.733. The smallest absolute Gasteiger partial charge is 0.240 e. The number of rotatable bonds is 6. The van der Waals surface area contributed by atoms with Crippen LogP contribution in [-0.2, 0) is 28.6 Å². The number of hydrogen-bond donors (Lipinski definition) is 0. The minimum Gasteiger partial charge on any atom is -0.240 e. The van der Waals surface area contributed by atoms with Crippen molar-refractivity contribution >= 4 is 20.2 Å². The van der Waals surface area contributed by atoms with Crippen molar-refractivity contribution in [2.45, 2.75) is 38.2 Å². The first-order valence-corrected chi connectivity index (χ1v) is 7.30. The van der Waals surface area contributed by atoms with Crippen LogP contribution in [0.25, 0.3) is 0 Å². The van der Waals surface area contributed by atoms with Gasteiger partial charge in [-0.25, -0.2) is 8.37 Å². The molecular formula is C7H16O6S2. The van der Waals surface area contributed by atoms with Crippen molar-refractivity contribution in [2.24, 2.45) is 0 Å². The molecule has 0 spiro atoms. The molecule has 6 nitrogen and oxygen atoms in total. The van der Waals surface area contributed by atoms with Gasteiger partial charge < -0.3 is 0 Å². The standard InChI is InChI=1S/C7H16O6S2/c1-6(2)14(8,9)12-5-13-15(10,11)7(3)4/h6-7H,5H2,1-4H3. The Morgan fingerprint density at radius 3 is 1.27 bits per heavy atom. The zero-order chi connectivity index (χ0) is 12.3. The Morgan fingerprint density at radius 1 is 0.800 bits per heavy atom. The zero-order valence-corrected chi connectivity index (χ0v) is 10.8. The summed E-state index contributed by atoms with van der Waals surface area (Å²) in [6.07, 6.45) is 0. The molecule has 0 unspecified atom stereocenters. The van der Waals surface area contributed by atoms with E-state index in [1.165, 1.54) is 27.7 Å². The molecule has 0 rings (SSSR count). The van der Waals surface area contributed by atoms with E-state index in [0.717, 1.165) is 0 Å². The third kappa shape index (κ3) is 4.92. The van der Waals surface area contributed by atoms with Gasteiger partial charge in [0, 0.05) is 0 Å². The van der Waals surface area contributed by atoms with Crippen LogP contribution in [0.1, 0.15) is 27.7 Å². The Labute approximate surface area is 90.8 Å². The van der Waals surface area contributed by atoms with Crippen molar-refractivity contribution in [1.82, 2.24) is 0 Å². The molecule has 0 atom stereocenters. The molecule has 8 heteroatoms. The zero-order valence-electron chi connectivity index (χ0n) is 9.13. The molecule has 15 heavy (non-hydrogen) atoms. The van der Waals surface area contributed by atoms with Crippen LogP contribution in [0.15, 0.2) is 0 Å². The molecule has 0 aromatic rings. The topological polar surface area (TPSA) is 86.7 Å². The van der Waals surface area contributed by atoms with Crippen LogP contribution < -0.4 is 0 Å². The van der Waals surface area contributed by atoms with Gasteiger partial charge in [0.1, 0.15) is 0 Å². The molecule has 0 aliphatic heterocycles. The van der Waals surface area contributed by atoms with E-state index in [2.05, 4.69) is 8.37 Å². The van der Waals surface area contributed by atoms with Crippen molar-refractivity contribution in [3.8, 4) is 0 Å². The molecule has 0 fully saturated rings. The molecule has 0 heterocycles. The molecule has 0 aromatic heterocycles. The van der Waals surface area contributed by atoms with Crippen LogP contribution in [0.4, 0.5) is 0 Å². The fourth-order valence-electron chi connectivity index (χ4n) is 0.426. The highest BCUT2D eigenvalue weighted by Gasteiger charge is 2.21. The van der Waals surface area contributed by atoms with Gasteiger partial charge in [0.2, 0.25) is 0 Å². The lowest BCUT2D eigenvalue weighted by Gasteiger charge is -2.10. The lowest BCUT2D eigenvalue weighted by molar-refractivity contribution is 0.130. The first-order chi connectivity index (χ1) is 6.59. The summed E-state index contributed by atoms with van der Waals surface area (Å²) in [6, 6.07) is 0. The summed E-state index contributed by atoms with van der Waals surface area (Å²) < 4.78 is 53.1. The average Bonchev–Trinajstić information content (AvgIpc) is 2.02. The van der Waals surface area contributed by atoms with E-state index in [9.17, 15) is 16.8 Å². The van der Waals surface area contributed by atoms with Crippen molar-refractivity contribution < 1.29 is 25.2 Å². The highest BCUT2D eigenvalue weighted by atomic mass is 32.2. The second kappa shape index (κ2) is 5.24. The number of hydrogen-bond acceptors (Lipinski definition) is 6. The second-order valence-electron chi connectivity index (χ2n) is 3.44. The van der Waals surface area contributed by atoms with Crippen LogP contribution in [-0.4, -0.2) is 34.1 Å². The predicted octanol–water partition coefficient (Wildman–Crippen LogP) is 0.454. The molecule has 92 valence electrons. The molecule has 0 saturated heterocycles. The van der Waals surface area contributed by atoms with Gasteiger partial charge >= 0.3 is 0 Å². The van der Waals surface area contributed by atoms with E-state index in [1.54, 1.807) is 0 Å². The fraction of sp³-hybridized carbons (Fsp3) is 1.00. The Kier molecular flexibility index (Phi) is 5.18. The molecule has 0 aromatic carbocycles. The van der Waals surface area contributed by atoms with E-state index >= 15 is 0 Å². The maximum absolute atomic E-state index is 11.1. The largest absolute Gasteiger partial charge is 0.271 e. The molecule has 0 radical (unpaired) electrons. The SMILES string of the molecule is CC(C)S(=O)(=O)OCOS(=O)(=O)C(C)C. The fourth-order valence-corrected chi connectivity index (χ4v) is 1.40. The molecule has 0 aliphatic rings. The summed E-state index contributed by atoms with van der Waals surface area (Å²) in [4.78, 5) is 0. The van der Waals surface area contributed by atoms with E-state index in [1.807, 2.05) is 0 Å². The first kappa shape index (κ1) is 14.8. The Morgan fingerprint density at radius 2 is 1.07 bits per heavy atom. The van der Waals surface area contributed by atoms with Crippen LogP contribution in [0.3, 0.4) is 0 Å². The predicted molar refractivity (Wildman–Crippen MR) is 55.1 cm³/mol. The van der Waals surface area contributed by atoms with Gasteiger partial charge in [-0.1, -0.05) is 0 Å². The maximum Gasteiger partial charge on any atom is 0.271 e. The molecule has 0 N–H and O–H groups in total. The molecule has 0 saturated carbocycles. The van der Waals surface area contributed by atoms with E-state index in [-0.39, 0.29) is 0 Å². The van der Waals surface area contributed by atoms with Crippen LogP contribution >= 0.6 is 0 Å². The van der Waals surface area contributed by atoms with Gasteiger partial charge in [0.25, 0.3) is 20.2 Å². The van der Waals surface area contributed by atoms with Gasteiger partial charge in [-0.2, -0.15) is 16.8 Å². The normalized spacial score (nSPS) is 13.7. The monoisotopic (exact) mass is 260 g/mol. The summed E-state index contributed by atoms with van der Waals surface area (Å²) in [5.74, 6) is 0. The molecular weight excluding hydrogens is 244 g/mol. The Balaban J connectivity index is 4.25. The van der Waals surface area contributed by atoms with Crippen LogP contribution in [0.2, 0.25) is 0 Å². The van der Waals surface area contributed by atoms with Gasteiger partial charge in [-0.3, -0.25) is 0 Å². The quantitative estimate of drug-likeness (QED) is 0.509. The van der Waals surface area contributed by atoms with Crippen LogP contribution in [0.5, 0.6) is 0 Å². The van der Waals surface area contributed by atoms with E-state index in [4.69, 9.17) is 0 Å². The average molecular weight is 260 g/mol. The van der Waals surface area contributed by atoms with Crippen molar-refractivity contribution in [3.63, 3.8) is 0 Å². The maximum atomic E-state index is 11.1. The van der Waals surface area contributed by atoms with Crippen molar-refractivity contribution in [2.75, 3.05) is 6.79 Å². The highest BCUT2D eigenvalue weighted by molar-refractivity contribution is 7.88. The summed E-state index contributed by atoms with van der Waals surface area (Å²) >= 11 is 0. The van der Waals surface area contributed by atoms with Gasteiger partial charge in [-0.15, -0.1) is 0 Å². The Hall–Kier alpha value is -0.180. The molecule has 0 bridgehead atoms. The van der Waals surface area contributed by atoms with Crippen molar-refractivity contribution in [1.29, 1.82) is 0 Å². The third-order valence-electron chi connectivity index (χ3n) is 1.58. The lowest BCUT2D eigenvalue weighted by Crippen LogP contribution is -2.23. The first-order valence-electron chi connectivity index (χ1n) is 4.36. The van der Waals surface area contributed by atoms with Gasteiger partial charge in [0.15, 0.2) is 6.79 Å². The summed E-state index contributed by atoms with van der Waals surface area (Å²) in [7, 11) is -7.47. The van der Waals surface area contributed by atoms with Gasteiger partial charge in [-0.05, 0) is 27.7 Å². The Bertz CT molecular complexity index is 340. The highest BCUT2D eigenvalue weighted by Crippen LogP contribution is 2.06. The minimum atomic E-state index is -3.74. The summed E-state index contributed by atoms with van der Waals surface area (Å²) in [5.41, 5.74) is 0. The summed E-state index contributed by atoms with van der Waals surface area (Å²) in [6.45, 7) is 4.89. The van der Waals surface area contributed by atoms with E-state index < -0.39 is 37.5 Å². The second-order valence-corrected chi connectivity index (χ2v) is 7.76. The van der Waals surface area contributed by atoms with Crippen molar-refractivity contribution in [3.05, 3.63) is 0 Å².